The van der Waals surface area contributed by atoms with E-state index >= 15 is 0 Å². The average Bonchev–Trinajstić information content (AvgIpc) is 2.34. The van der Waals surface area contributed by atoms with Gasteiger partial charge in [0, 0.05) is 12.0 Å². The molecule has 0 bridgehead atoms. The van der Waals surface area contributed by atoms with Crippen molar-refractivity contribution in [2.24, 2.45) is 0 Å². The van der Waals surface area contributed by atoms with Gasteiger partial charge in [0.15, 0.2) is 5.78 Å². The Hall–Kier alpha value is -1.89. The Bertz CT molecular complexity index is 544. The van der Waals surface area contributed by atoms with Crippen LogP contribution in [0.15, 0.2) is 42.5 Å². The molecule has 0 atom stereocenters. The summed E-state index contributed by atoms with van der Waals surface area (Å²) in [4.78, 5) is 12.2. The van der Waals surface area contributed by atoms with Gasteiger partial charge in [0.25, 0.3) is 0 Å². The number of carbonyl (C=O) groups is 1. The number of hydrogen-bond acceptors (Lipinski definition) is 1. The van der Waals surface area contributed by atoms with Gasteiger partial charge < -0.3 is 0 Å². The van der Waals surface area contributed by atoms with Crippen LogP contribution in [0.4, 0.5) is 0 Å². The van der Waals surface area contributed by atoms with Crippen molar-refractivity contribution in [1.82, 2.24) is 0 Å². The van der Waals surface area contributed by atoms with Crippen molar-refractivity contribution in [3.8, 4) is 0 Å². The summed E-state index contributed by atoms with van der Waals surface area (Å²) in [6.07, 6.45) is 0.488. The van der Waals surface area contributed by atoms with Crippen molar-refractivity contribution in [2.75, 3.05) is 0 Å². The Morgan fingerprint density at radius 3 is 2.06 bits per heavy atom. The molecule has 0 unspecified atom stereocenters. The largest absolute Gasteiger partial charge is 0.294 e. The van der Waals surface area contributed by atoms with Crippen LogP contribution < -0.4 is 0 Å². The van der Waals surface area contributed by atoms with Crippen LogP contribution in [0.25, 0.3) is 0 Å². The lowest BCUT2D eigenvalue weighted by Crippen LogP contribution is -2.06. The zero-order valence-electron chi connectivity index (χ0n) is 11.2. The van der Waals surface area contributed by atoms with Gasteiger partial charge in [-0.05, 0) is 37.5 Å². The first-order chi connectivity index (χ1) is 8.58. The van der Waals surface area contributed by atoms with Gasteiger partial charge in [-0.25, -0.2) is 0 Å². The van der Waals surface area contributed by atoms with Gasteiger partial charge in [0.2, 0.25) is 0 Å². The molecule has 2 aromatic carbocycles. The van der Waals surface area contributed by atoms with Crippen LogP contribution >= 0.6 is 0 Å². The second-order valence-electron chi connectivity index (χ2n) is 4.84. The third-order valence-electron chi connectivity index (χ3n) is 3.27. The van der Waals surface area contributed by atoms with E-state index in [2.05, 4.69) is 32.9 Å². The normalized spacial score (nSPS) is 10.4. The van der Waals surface area contributed by atoms with E-state index in [4.69, 9.17) is 0 Å². The summed E-state index contributed by atoms with van der Waals surface area (Å²) >= 11 is 0. The minimum Gasteiger partial charge on any atom is -0.294 e. The maximum atomic E-state index is 12.2. The van der Waals surface area contributed by atoms with E-state index in [1.807, 2.05) is 30.3 Å². The molecule has 1 nitrogen and oxygen atoms in total. The van der Waals surface area contributed by atoms with Gasteiger partial charge in [0.1, 0.15) is 0 Å². The Morgan fingerprint density at radius 2 is 1.50 bits per heavy atom. The third-order valence-corrected chi connectivity index (χ3v) is 3.27. The molecule has 0 aromatic heterocycles. The first kappa shape index (κ1) is 12.6. The maximum absolute atomic E-state index is 12.2. The first-order valence-corrected chi connectivity index (χ1v) is 6.23. The molecule has 0 amide bonds. The fourth-order valence-electron chi connectivity index (χ4n) is 2.38. The molecule has 0 fully saturated rings. The molecule has 18 heavy (non-hydrogen) atoms. The molecule has 0 aliphatic carbocycles. The van der Waals surface area contributed by atoms with E-state index < -0.39 is 0 Å². The zero-order valence-corrected chi connectivity index (χ0v) is 11.2. The topological polar surface area (TPSA) is 17.1 Å². The molecule has 0 saturated heterocycles. The van der Waals surface area contributed by atoms with Crippen LogP contribution in [0.1, 0.15) is 32.6 Å². The summed E-state index contributed by atoms with van der Waals surface area (Å²) in [6.45, 7) is 6.24. The molecule has 2 aromatic rings. The summed E-state index contributed by atoms with van der Waals surface area (Å²) < 4.78 is 0. The lowest BCUT2D eigenvalue weighted by molar-refractivity contribution is 0.0992. The number of rotatable bonds is 3. The van der Waals surface area contributed by atoms with Gasteiger partial charge >= 0.3 is 0 Å². The van der Waals surface area contributed by atoms with Gasteiger partial charge in [-0.2, -0.15) is 0 Å². The predicted octanol–water partition coefficient (Wildman–Crippen LogP) is 4.04. The highest BCUT2D eigenvalue weighted by atomic mass is 16.1. The number of hydrogen-bond donors (Lipinski definition) is 0. The minimum absolute atomic E-state index is 0.186. The lowest BCUT2D eigenvalue weighted by atomic mass is 9.94. The summed E-state index contributed by atoms with van der Waals surface area (Å²) in [5.74, 6) is 0.186. The van der Waals surface area contributed by atoms with Crippen LogP contribution in [-0.4, -0.2) is 5.78 Å². The second-order valence-corrected chi connectivity index (χ2v) is 4.84. The molecule has 0 heterocycles. The molecule has 0 radical (unpaired) electrons. The molecule has 0 aliphatic rings. The monoisotopic (exact) mass is 238 g/mol. The van der Waals surface area contributed by atoms with E-state index in [0.29, 0.717) is 6.42 Å². The highest BCUT2D eigenvalue weighted by Crippen LogP contribution is 2.18. The van der Waals surface area contributed by atoms with E-state index in [1.54, 1.807) is 0 Å². The van der Waals surface area contributed by atoms with Crippen molar-refractivity contribution in [3.05, 3.63) is 70.3 Å². The highest BCUT2D eigenvalue weighted by molar-refractivity contribution is 5.97. The van der Waals surface area contributed by atoms with E-state index in [0.717, 1.165) is 11.1 Å². The number of benzene rings is 2. The van der Waals surface area contributed by atoms with Crippen LogP contribution in [0.2, 0.25) is 0 Å². The highest BCUT2D eigenvalue weighted by Gasteiger charge is 2.10. The Balaban J connectivity index is 2.28. The van der Waals surface area contributed by atoms with E-state index in [9.17, 15) is 4.79 Å². The molecule has 1 heteroatoms. The minimum atomic E-state index is 0.186. The summed E-state index contributed by atoms with van der Waals surface area (Å²) in [7, 11) is 0. The maximum Gasteiger partial charge on any atom is 0.167 e. The lowest BCUT2D eigenvalue weighted by Gasteiger charge is -2.10. The van der Waals surface area contributed by atoms with Gasteiger partial charge in [-0.15, -0.1) is 0 Å². The van der Waals surface area contributed by atoms with Crippen LogP contribution in [0.5, 0.6) is 0 Å². The molecule has 92 valence electrons. The third kappa shape index (κ3) is 2.67. The number of ketones is 1. The van der Waals surface area contributed by atoms with Crippen LogP contribution in [0, 0.1) is 20.8 Å². The fourth-order valence-corrected chi connectivity index (χ4v) is 2.38. The van der Waals surface area contributed by atoms with Gasteiger partial charge in [-0.1, -0.05) is 48.0 Å². The van der Waals surface area contributed by atoms with Crippen molar-refractivity contribution in [3.63, 3.8) is 0 Å². The number of Topliss-reactive ketones (excluding diaryl/α,β-unsaturated/α-hetero) is 1. The van der Waals surface area contributed by atoms with Crippen LogP contribution in [-0.2, 0) is 6.42 Å². The SMILES string of the molecule is Cc1cc(C)c(CC(=O)c2ccccc2)c(C)c1. The Labute approximate surface area is 108 Å². The second kappa shape index (κ2) is 5.18. The zero-order chi connectivity index (χ0) is 13.1. The van der Waals surface area contributed by atoms with E-state index in [-0.39, 0.29) is 5.78 Å². The molecule has 0 saturated carbocycles. The van der Waals surface area contributed by atoms with Crippen molar-refractivity contribution >= 4 is 5.78 Å². The number of aryl methyl sites for hydroxylation is 3. The van der Waals surface area contributed by atoms with Crippen molar-refractivity contribution in [2.45, 2.75) is 27.2 Å². The average molecular weight is 238 g/mol. The summed E-state index contributed by atoms with van der Waals surface area (Å²) in [6, 6.07) is 13.8. The number of carbonyl (C=O) groups excluding carboxylic acids is 1. The van der Waals surface area contributed by atoms with Crippen molar-refractivity contribution in [1.29, 1.82) is 0 Å². The van der Waals surface area contributed by atoms with E-state index in [1.165, 1.54) is 16.7 Å². The molecule has 0 spiro atoms. The summed E-state index contributed by atoms with van der Waals surface area (Å²) in [5, 5.41) is 0. The van der Waals surface area contributed by atoms with Crippen molar-refractivity contribution < 1.29 is 4.79 Å². The molecule has 0 N–H and O–H groups in total. The predicted molar refractivity (Wildman–Crippen MR) is 75.1 cm³/mol. The quantitative estimate of drug-likeness (QED) is 0.738. The van der Waals surface area contributed by atoms with Gasteiger partial charge in [-0.3, -0.25) is 4.79 Å². The Morgan fingerprint density at radius 1 is 0.944 bits per heavy atom. The molecular formula is C17H18O. The molecule has 2 rings (SSSR count). The smallest absolute Gasteiger partial charge is 0.167 e. The standard InChI is InChI=1S/C17H18O/c1-12-9-13(2)16(14(3)10-12)11-17(18)15-7-5-4-6-8-15/h4-10H,11H2,1-3H3. The summed E-state index contributed by atoms with van der Waals surface area (Å²) in [5.41, 5.74) is 5.61. The molecular weight excluding hydrogens is 220 g/mol. The fraction of sp³-hybridized carbons (Fsp3) is 0.235. The van der Waals surface area contributed by atoms with Gasteiger partial charge in [0.05, 0.1) is 0 Å². The first-order valence-electron chi connectivity index (χ1n) is 6.23. The van der Waals surface area contributed by atoms with Crippen LogP contribution in [0.3, 0.4) is 0 Å². The Kier molecular flexibility index (Phi) is 3.61. The molecule has 0 aliphatic heterocycles.